The molecule has 1 atom stereocenters. The molecule has 0 radical (unpaired) electrons. The van der Waals surface area contributed by atoms with Gasteiger partial charge < -0.3 is 16.0 Å². The summed E-state index contributed by atoms with van der Waals surface area (Å²) in [7, 11) is 1.86. The average Bonchev–Trinajstić information content (AvgIpc) is 2.45. The van der Waals surface area contributed by atoms with Gasteiger partial charge in [-0.05, 0) is 64.7 Å². The van der Waals surface area contributed by atoms with Gasteiger partial charge >= 0.3 is 0 Å². The lowest BCUT2D eigenvalue weighted by molar-refractivity contribution is -0.119. The molecule has 5 heteroatoms. The van der Waals surface area contributed by atoms with Gasteiger partial charge in [0.2, 0.25) is 5.91 Å². The fourth-order valence-corrected chi connectivity index (χ4v) is 2.97. The molecule has 5 nitrogen and oxygen atoms in total. The molecule has 0 aromatic rings. The van der Waals surface area contributed by atoms with E-state index in [1.807, 2.05) is 7.05 Å². The van der Waals surface area contributed by atoms with Crippen LogP contribution in [0.3, 0.4) is 0 Å². The molecule has 0 aliphatic carbocycles. The second kappa shape index (κ2) is 8.23. The van der Waals surface area contributed by atoms with Crippen LogP contribution in [0.2, 0.25) is 0 Å². The molecule has 20 heavy (non-hydrogen) atoms. The summed E-state index contributed by atoms with van der Waals surface area (Å²) in [5, 5.41) is 12.4. The standard InChI is InChI=1S/C15H28N4O/c1-3-15(12-16,18-2)7-4-8-19-9-5-13(6-10-19)11-14(17)20/h13,18H,3-11H2,1-2H3,(H2,17,20). The number of likely N-dealkylation sites (tertiary alicyclic amines) is 1. The quantitative estimate of drug-likeness (QED) is 0.701. The number of nitrogens with two attached hydrogens (primary N) is 1. The van der Waals surface area contributed by atoms with Gasteiger partial charge in [0, 0.05) is 6.42 Å². The van der Waals surface area contributed by atoms with Gasteiger partial charge in [0.05, 0.1) is 6.07 Å². The first kappa shape index (κ1) is 16.9. The number of amides is 1. The Morgan fingerprint density at radius 1 is 1.50 bits per heavy atom. The van der Waals surface area contributed by atoms with Gasteiger partial charge in [-0.3, -0.25) is 4.79 Å². The summed E-state index contributed by atoms with van der Waals surface area (Å²) in [5.74, 6) is 0.286. The topological polar surface area (TPSA) is 82.2 Å². The van der Waals surface area contributed by atoms with E-state index in [4.69, 9.17) is 5.73 Å². The van der Waals surface area contributed by atoms with E-state index in [1.165, 1.54) is 0 Å². The van der Waals surface area contributed by atoms with Crippen molar-refractivity contribution in [3.05, 3.63) is 0 Å². The van der Waals surface area contributed by atoms with Gasteiger partial charge in [-0.2, -0.15) is 5.26 Å². The average molecular weight is 280 g/mol. The Kier molecular flexibility index (Phi) is 6.97. The van der Waals surface area contributed by atoms with Crippen molar-refractivity contribution in [2.75, 3.05) is 26.7 Å². The van der Waals surface area contributed by atoms with Gasteiger partial charge in [0.1, 0.15) is 5.54 Å². The largest absolute Gasteiger partial charge is 0.370 e. The van der Waals surface area contributed by atoms with Crippen LogP contribution in [-0.4, -0.2) is 43.0 Å². The molecule has 0 saturated carbocycles. The molecular weight excluding hydrogens is 252 g/mol. The number of carbonyl (C=O) groups excluding carboxylic acids is 1. The lowest BCUT2D eigenvalue weighted by Crippen LogP contribution is -2.42. The molecule has 1 aliphatic heterocycles. The summed E-state index contributed by atoms with van der Waals surface area (Å²) in [6.07, 6.45) is 5.40. The Hall–Kier alpha value is -1.12. The lowest BCUT2D eigenvalue weighted by atomic mass is 9.91. The van der Waals surface area contributed by atoms with Crippen LogP contribution in [0.25, 0.3) is 0 Å². The molecule has 3 N–H and O–H groups in total. The fraction of sp³-hybridized carbons (Fsp3) is 0.867. The Bertz CT molecular complexity index is 338. The monoisotopic (exact) mass is 280 g/mol. The first-order valence-electron chi connectivity index (χ1n) is 7.66. The van der Waals surface area contributed by atoms with Gasteiger partial charge in [0.15, 0.2) is 0 Å². The number of piperidine rings is 1. The number of nitriles is 1. The zero-order valence-corrected chi connectivity index (χ0v) is 12.8. The van der Waals surface area contributed by atoms with Gasteiger partial charge in [-0.15, -0.1) is 0 Å². The van der Waals surface area contributed by atoms with E-state index in [2.05, 4.69) is 23.2 Å². The van der Waals surface area contributed by atoms with Gasteiger partial charge in [-0.25, -0.2) is 0 Å². The smallest absolute Gasteiger partial charge is 0.217 e. The highest BCUT2D eigenvalue weighted by Gasteiger charge is 2.26. The highest BCUT2D eigenvalue weighted by atomic mass is 16.1. The number of nitrogens with zero attached hydrogens (tertiary/aromatic N) is 2. The summed E-state index contributed by atoms with van der Waals surface area (Å²) >= 11 is 0. The van der Waals surface area contributed by atoms with E-state index >= 15 is 0 Å². The van der Waals surface area contributed by atoms with E-state index in [0.29, 0.717) is 12.3 Å². The SMILES string of the molecule is CCC(C#N)(CCCN1CCC(CC(N)=O)CC1)NC. The number of rotatable bonds is 8. The van der Waals surface area contributed by atoms with E-state index in [0.717, 1.165) is 51.7 Å². The van der Waals surface area contributed by atoms with Gasteiger partial charge in [0.25, 0.3) is 0 Å². The predicted molar refractivity (Wildman–Crippen MR) is 79.9 cm³/mol. The molecule has 1 rings (SSSR count). The molecule has 0 spiro atoms. The van der Waals surface area contributed by atoms with Crippen molar-refractivity contribution in [2.45, 2.75) is 51.0 Å². The molecular formula is C15H28N4O. The van der Waals surface area contributed by atoms with Crippen LogP contribution in [-0.2, 0) is 4.79 Å². The predicted octanol–water partition coefficient (Wildman–Crippen LogP) is 1.25. The number of nitrogens with one attached hydrogen (secondary N) is 1. The first-order valence-corrected chi connectivity index (χ1v) is 7.66. The molecule has 114 valence electrons. The third-order valence-electron chi connectivity index (χ3n) is 4.57. The van der Waals surface area contributed by atoms with Crippen molar-refractivity contribution >= 4 is 5.91 Å². The number of primary amides is 1. The van der Waals surface area contributed by atoms with Crippen LogP contribution in [0, 0.1) is 17.2 Å². The maximum absolute atomic E-state index is 10.9. The maximum Gasteiger partial charge on any atom is 0.217 e. The normalized spacial score (nSPS) is 20.2. The molecule has 1 heterocycles. The van der Waals surface area contributed by atoms with Crippen molar-refractivity contribution in [3.8, 4) is 6.07 Å². The van der Waals surface area contributed by atoms with Crippen LogP contribution < -0.4 is 11.1 Å². The second-order valence-electron chi connectivity index (χ2n) is 5.86. The van der Waals surface area contributed by atoms with Crippen LogP contribution in [0.5, 0.6) is 0 Å². The van der Waals surface area contributed by atoms with Crippen molar-refractivity contribution in [3.63, 3.8) is 0 Å². The zero-order chi connectivity index (χ0) is 15.0. The minimum Gasteiger partial charge on any atom is -0.370 e. The molecule has 1 saturated heterocycles. The van der Waals surface area contributed by atoms with E-state index in [1.54, 1.807) is 0 Å². The molecule has 1 fully saturated rings. The molecule has 1 unspecified atom stereocenters. The van der Waals surface area contributed by atoms with Crippen molar-refractivity contribution in [2.24, 2.45) is 11.7 Å². The van der Waals surface area contributed by atoms with Crippen molar-refractivity contribution < 1.29 is 4.79 Å². The fourth-order valence-electron chi connectivity index (χ4n) is 2.97. The van der Waals surface area contributed by atoms with Crippen LogP contribution in [0.4, 0.5) is 0 Å². The van der Waals surface area contributed by atoms with E-state index in [9.17, 15) is 10.1 Å². The summed E-state index contributed by atoms with van der Waals surface area (Å²) < 4.78 is 0. The molecule has 1 aliphatic rings. The first-order chi connectivity index (χ1) is 9.55. The number of hydrogen-bond acceptors (Lipinski definition) is 4. The maximum atomic E-state index is 10.9. The summed E-state index contributed by atoms with van der Waals surface area (Å²) in [5.41, 5.74) is 4.87. The van der Waals surface area contributed by atoms with E-state index in [-0.39, 0.29) is 11.4 Å². The highest BCUT2D eigenvalue weighted by molar-refractivity contribution is 5.73. The third-order valence-corrected chi connectivity index (χ3v) is 4.57. The molecule has 0 bridgehead atoms. The lowest BCUT2D eigenvalue weighted by Gasteiger charge is -2.32. The Morgan fingerprint density at radius 2 is 2.15 bits per heavy atom. The Morgan fingerprint density at radius 3 is 2.60 bits per heavy atom. The van der Waals surface area contributed by atoms with Crippen molar-refractivity contribution in [1.82, 2.24) is 10.2 Å². The molecule has 1 amide bonds. The third kappa shape index (κ3) is 5.10. The zero-order valence-electron chi connectivity index (χ0n) is 12.8. The van der Waals surface area contributed by atoms with Crippen molar-refractivity contribution in [1.29, 1.82) is 5.26 Å². The minimum atomic E-state index is -0.371. The van der Waals surface area contributed by atoms with Crippen LogP contribution in [0.15, 0.2) is 0 Å². The van der Waals surface area contributed by atoms with Crippen LogP contribution in [0.1, 0.15) is 45.4 Å². The second-order valence-corrected chi connectivity index (χ2v) is 5.86. The summed E-state index contributed by atoms with van der Waals surface area (Å²) in [6, 6.07) is 2.40. The minimum absolute atomic E-state index is 0.181. The molecule has 0 aromatic carbocycles. The Balaban J connectivity index is 2.25. The van der Waals surface area contributed by atoms with E-state index < -0.39 is 0 Å². The molecule has 0 aromatic heterocycles. The summed E-state index contributed by atoms with van der Waals surface area (Å²) in [4.78, 5) is 13.3. The summed E-state index contributed by atoms with van der Waals surface area (Å²) in [6.45, 7) is 5.18. The van der Waals surface area contributed by atoms with Crippen LogP contribution >= 0.6 is 0 Å². The Labute approximate surface area is 122 Å². The van der Waals surface area contributed by atoms with Gasteiger partial charge in [-0.1, -0.05) is 6.92 Å². The number of carbonyl (C=O) groups is 1. The highest BCUT2D eigenvalue weighted by Crippen LogP contribution is 2.21. The number of hydrogen-bond donors (Lipinski definition) is 2.